The average molecular weight is 329 g/mol. The van der Waals surface area contributed by atoms with Gasteiger partial charge in [0.05, 0.1) is 26.9 Å². The number of aliphatic hydroxyl groups is 1. The molecule has 11 nitrogen and oxygen atoms in total. The maximum atomic E-state index is 10.5. The first-order valence-electron chi connectivity index (χ1n) is 6.28. The molecular weight excluding hydrogens is 317 g/mol. The Labute approximate surface area is 124 Å². The molecule has 12 heteroatoms. The molecule has 0 aliphatic carbocycles. The lowest BCUT2D eigenvalue weighted by Crippen LogP contribution is -2.29. The molecule has 3 N–H and O–H groups in total. The Bertz CT molecular complexity index is 732. The van der Waals surface area contributed by atoms with Gasteiger partial charge in [0.1, 0.15) is 24.2 Å². The highest BCUT2D eigenvalue weighted by atomic mass is 31.2. The van der Waals surface area contributed by atoms with E-state index >= 15 is 0 Å². The van der Waals surface area contributed by atoms with Gasteiger partial charge in [-0.25, -0.2) is 15.0 Å². The summed E-state index contributed by atoms with van der Waals surface area (Å²) in [7, 11) is -5.12. The predicted octanol–water partition coefficient (Wildman–Crippen LogP) is -2.10. The van der Waals surface area contributed by atoms with Crippen LogP contribution in [0.1, 0.15) is 12.6 Å². The highest BCUT2D eigenvalue weighted by Gasteiger charge is 2.36. The fraction of sp³-hybridized carbons (Fsp3) is 0.500. The van der Waals surface area contributed by atoms with Gasteiger partial charge in [0.2, 0.25) is 0 Å². The van der Waals surface area contributed by atoms with Gasteiger partial charge < -0.3 is 34.5 Å². The lowest BCUT2D eigenvalue weighted by molar-refractivity contribution is -0.343. The van der Waals surface area contributed by atoms with Gasteiger partial charge in [0.15, 0.2) is 11.5 Å². The van der Waals surface area contributed by atoms with Crippen LogP contribution in [0.25, 0.3) is 11.2 Å². The molecule has 1 aliphatic rings. The van der Waals surface area contributed by atoms with E-state index in [4.69, 9.17) is 10.5 Å². The topological polar surface area (TPSA) is 172 Å². The van der Waals surface area contributed by atoms with Crippen molar-refractivity contribution in [2.24, 2.45) is 0 Å². The zero-order valence-electron chi connectivity index (χ0n) is 11.1. The van der Waals surface area contributed by atoms with Crippen LogP contribution in [0, 0.1) is 0 Å². The van der Waals surface area contributed by atoms with Gasteiger partial charge in [-0.05, 0) is 0 Å². The summed E-state index contributed by atoms with van der Waals surface area (Å²) in [5.41, 5.74) is 6.49. The van der Waals surface area contributed by atoms with E-state index < -0.39 is 32.9 Å². The molecule has 3 heterocycles. The van der Waals surface area contributed by atoms with E-state index in [1.54, 1.807) is 4.57 Å². The first-order valence-corrected chi connectivity index (χ1v) is 7.74. The van der Waals surface area contributed by atoms with Crippen molar-refractivity contribution in [1.29, 1.82) is 0 Å². The van der Waals surface area contributed by atoms with Crippen molar-refractivity contribution in [3.05, 3.63) is 12.7 Å². The number of hydrogen-bond acceptors (Lipinski definition) is 10. The van der Waals surface area contributed by atoms with Crippen LogP contribution in [-0.4, -0.2) is 43.4 Å². The highest BCUT2D eigenvalue weighted by Crippen LogP contribution is 2.34. The normalized spacial score (nSPS) is 25.9. The van der Waals surface area contributed by atoms with Crippen LogP contribution in [0.2, 0.25) is 0 Å². The second kappa shape index (κ2) is 5.54. The van der Waals surface area contributed by atoms with Gasteiger partial charge in [0, 0.05) is 6.42 Å². The summed E-state index contributed by atoms with van der Waals surface area (Å²) in [6.45, 7) is -0.550. The van der Waals surface area contributed by atoms with Crippen molar-refractivity contribution in [3.63, 3.8) is 0 Å². The average Bonchev–Trinajstić information content (AvgIpc) is 3.00. The number of rotatable bonds is 4. The molecule has 0 bridgehead atoms. The number of hydrogen-bond donors (Lipinski definition) is 2. The van der Waals surface area contributed by atoms with Gasteiger partial charge in [-0.3, -0.25) is 4.57 Å². The van der Waals surface area contributed by atoms with E-state index in [0.29, 0.717) is 11.2 Å². The largest absolute Gasteiger partial charge is 0.790 e. The molecule has 1 fully saturated rings. The molecule has 2 aromatic heterocycles. The molecule has 3 rings (SSSR count). The molecule has 0 amide bonds. The van der Waals surface area contributed by atoms with Crippen molar-refractivity contribution in [1.82, 2.24) is 19.5 Å². The quantitative estimate of drug-likeness (QED) is 0.592. The Balaban J connectivity index is 1.78. The minimum Gasteiger partial charge on any atom is -0.790 e. The Kier molecular flexibility index (Phi) is 3.85. The van der Waals surface area contributed by atoms with Crippen LogP contribution in [0.4, 0.5) is 5.82 Å². The first-order chi connectivity index (χ1) is 10.3. The summed E-state index contributed by atoms with van der Waals surface area (Å²) in [5.74, 6) is 0.209. The second-order valence-electron chi connectivity index (χ2n) is 4.76. The number of ether oxygens (including phenoxy) is 1. The number of phosphoric acid groups is 1. The summed E-state index contributed by atoms with van der Waals surface area (Å²) in [6, 6.07) is 0. The molecule has 22 heavy (non-hydrogen) atoms. The fourth-order valence-corrected chi connectivity index (χ4v) is 2.61. The van der Waals surface area contributed by atoms with E-state index in [-0.39, 0.29) is 12.2 Å². The summed E-state index contributed by atoms with van der Waals surface area (Å²) in [4.78, 5) is 32.9. The Morgan fingerprint density at radius 1 is 1.50 bits per heavy atom. The third-order valence-electron chi connectivity index (χ3n) is 3.30. The molecule has 0 aromatic carbocycles. The number of nitrogens with zero attached hydrogens (tertiary/aromatic N) is 4. The number of fused-ring (bicyclic) bond motifs is 1. The molecule has 0 unspecified atom stereocenters. The molecule has 0 radical (unpaired) electrons. The lowest BCUT2D eigenvalue weighted by atomic mass is 10.2. The summed E-state index contributed by atoms with van der Waals surface area (Å²) >= 11 is 0. The van der Waals surface area contributed by atoms with Crippen LogP contribution in [0.3, 0.4) is 0 Å². The Hall–Kier alpha value is -1.62. The molecule has 1 aliphatic heterocycles. The first kappa shape index (κ1) is 15.3. The number of anilines is 1. The maximum Gasteiger partial charge on any atom is 0.167 e. The Morgan fingerprint density at radius 3 is 3.00 bits per heavy atom. The minimum atomic E-state index is -5.12. The molecule has 3 atom stereocenters. The fourth-order valence-electron chi connectivity index (χ4n) is 2.28. The van der Waals surface area contributed by atoms with Crippen LogP contribution in [0.15, 0.2) is 12.7 Å². The van der Waals surface area contributed by atoms with Crippen LogP contribution in [0.5, 0.6) is 0 Å². The van der Waals surface area contributed by atoms with E-state index in [2.05, 4.69) is 19.5 Å². The van der Waals surface area contributed by atoms with Gasteiger partial charge in [-0.15, -0.1) is 0 Å². The zero-order chi connectivity index (χ0) is 15.9. The maximum absolute atomic E-state index is 10.5. The minimum absolute atomic E-state index is 0.158. The zero-order valence-corrected chi connectivity index (χ0v) is 12.0. The summed E-state index contributed by atoms with van der Waals surface area (Å²) in [5, 5.41) is 9.89. The molecular formula is C10H12N5O6P-2. The van der Waals surface area contributed by atoms with Gasteiger partial charge in [-0.2, -0.15) is 0 Å². The van der Waals surface area contributed by atoms with Gasteiger partial charge in [0.25, 0.3) is 0 Å². The van der Waals surface area contributed by atoms with Crippen molar-refractivity contribution in [2.45, 2.75) is 24.9 Å². The molecule has 1 saturated heterocycles. The van der Waals surface area contributed by atoms with Crippen molar-refractivity contribution < 1.29 is 28.7 Å². The van der Waals surface area contributed by atoms with Crippen molar-refractivity contribution in [2.75, 3.05) is 12.3 Å². The van der Waals surface area contributed by atoms with Gasteiger partial charge in [-0.1, -0.05) is 0 Å². The number of imidazole rings is 1. The van der Waals surface area contributed by atoms with Crippen molar-refractivity contribution >= 4 is 24.8 Å². The monoisotopic (exact) mass is 329 g/mol. The third-order valence-corrected chi connectivity index (χ3v) is 3.76. The molecule has 0 saturated carbocycles. The number of nitrogen functional groups attached to an aromatic ring is 1. The van der Waals surface area contributed by atoms with E-state index in [9.17, 15) is 19.5 Å². The van der Waals surface area contributed by atoms with Crippen LogP contribution in [-0.2, 0) is 13.8 Å². The SMILES string of the molecule is Nc1ncnc2c1ncn2[C@H]1C[C@H](O)[C@@H](COP(=O)([O-])[O-])O1. The van der Waals surface area contributed by atoms with E-state index in [1.165, 1.54) is 12.7 Å². The highest BCUT2D eigenvalue weighted by molar-refractivity contribution is 7.43. The Morgan fingerprint density at radius 2 is 2.27 bits per heavy atom. The lowest BCUT2D eigenvalue weighted by Gasteiger charge is -2.30. The molecule has 120 valence electrons. The number of aliphatic hydroxyl groups excluding tert-OH is 1. The predicted molar refractivity (Wildman–Crippen MR) is 67.8 cm³/mol. The number of aromatic nitrogens is 4. The van der Waals surface area contributed by atoms with Crippen molar-refractivity contribution in [3.8, 4) is 0 Å². The second-order valence-corrected chi connectivity index (χ2v) is 5.91. The molecule has 2 aromatic rings. The third kappa shape index (κ3) is 2.95. The van der Waals surface area contributed by atoms with E-state index in [1.807, 2.05) is 0 Å². The van der Waals surface area contributed by atoms with Crippen LogP contribution >= 0.6 is 7.82 Å². The number of nitrogens with two attached hydrogens (primary N) is 1. The standard InChI is InChI=1S/C10H14N5O6P/c11-9-8-10(13-3-12-9)15(4-14-8)7-1-5(16)6(21-7)2-20-22(17,18)19/h3-7,16H,1-2H2,(H2,11,12,13)(H2,17,18,19)/p-2/t5-,6+,7+/m0/s1. The summed E-state index contributed by atoms with van der Waals surface area (Å²) < 4.78 is 21.7. The summed E-state index contributed by atoms with van der Waals surface area (Å²) in [6.07, 6.45) is 0.285. The molecule has 0 spiro atoms. The van der Waals surface area contributed by atoms with Gasteiger partial charge >= 0.3 is 0 Å². The van der Waals surface area contributed by atoms with Crippen LogP contribution < -0.4 is 15.5 Å². The van der Waals surface area contributed by atoms with E-state index in [0.717, 1.165) is 0 Å². The number of phosphoric ester groups is 1. The smallest absolute Gasteiger partial charge is 0.167 e.